The van der Waals surface area contributed by atoms with E-state index in [0.717, 1.165) is 15.6 Å². The van der Waals surface area contributed by atoms with Crippen LogP contribution in [0.1, 0.15) is 6.92 Å². The second kappa shape index (κ2) is 4.77. The summed E-state index contributed by atoms with van der Waals surface area (Å²) in [5, 5.41) is 7.57. The van der Waals surface area contributed by atoms with Gasteiger partial charge in [0.25, 0.3) is 0 Å². The van der Waals surface area contributed by atoms with E-state index in [9.17, 15) is 0 Å². The number of nitrogens with zero attached hydrogens (tertiary/aromatic N) is 1. The largest absolute Gasteiger partial charge is 0.387 e. The topological polar surface area (TPSA) is 50.4 Å². The van der Waals surface area contributed by atoms with Gasteiger partial charge in [0.05, 0.1) is 5.04 Å². The van der Waals surface area contributed by atoms with Gasteiger partial charge in [-0.3, -0.25) is 0 Å². The van der Waals surface area contributed by atoms with Crippen molar-refractivity contribution >= 4 is 22.5 Å². The van der Waals surface area contributed by atoms with Crippen LogP contribution >= 0.6 is 11.8 Å². The van der Waals surface area contributed by atoms with E-state index in [0.29, 0.717) is 0 Å². The second-order valence-corrected chi connectivity index (χ2v) is 3.73. The van der Waals surface area contributed by atoms with E-state index in [2.05, 4.69) is 10.4 Å². The molecule has 3 N–H and O–H groups in total. The molecule has 0 unspecified atom stereocenters. The minimum absolute atomic E-state index is 0.850. The minimum atomic E-state index is 0.850. The molecule has 4 heteroatoms. The lowest BCUT2D eigenvalue weighted by molar-refractivity contribution is 1.25. The number of benzene rings is 1. The Morgan fingerprint density at radius 3 is 2.77 bits per heavy atom. The number of hydrogen-bond donors (Lipinski definition) is 2. The van der Waals surface area contributed by atoms with Crippen LogP contribution in [0.25, 0.3) is 0 Å². The maximum atomic E-state index is 5.16. The predicted octanol–water partition coefficient (Wildman–Crippen LogP) is 2.11. The van der Waals surface area contributed by atoms with Crippen LogP contribution in [0.15, 0.2) is 34.3 Å². The number of rotatable bonds is 2. The van der Waals surface area contributed by atoms with Crippen molar-refractivity contribution in [1.29, 1.82) is 0 Å². The molecule has 0 fully saturated rings. The maximum Gasteiger partial charge on any atom is 0.0946 e. The van der Waals surface area contributed by atoms with Gasteiger partial charge in [-0.1, -0.05) is 23.9 Å². The summed E-state index contributed by atoms with van der Waals surface area (Å²) in [6.07, 6.45) is 0. The Morgan fingerprint density at radius 1 is 1.46 bits per heavy atom. The Balaban J connectivity index is 2.87. The molecule has 0 aromatic heterocycles. The molecule has 0 radical (unpaired) electrons. The van der Waals surface area contributed by atoms with Crippen LogP contribution < -0.4 is 11.2 Å². The Hall–Kier alpha value is -1.16. The van der Waals surface area contributed by atoms with Crippen LogP contribution in [0.5, 0.6) is 0 Å². The van der Waals surface area contributed by atoms with Crippen LogP contribution in [0.3, 0.4) is 0 Å². The summed E-state index contributed by atoms with van der Waals surface area (Å²) < 4.78 is 0. The van der Waals surface area contributed by atoms with Crippen molar-refractivity contribution in [2.45, 2.75) is 11.8 Å². The monoisotopic (exact) mass is 195 g/mol. The highest BCUT2D eigenvalue weighted by Crippen LogP contribution is 2.27. The zero-order valence-electron chi connectivity index (χ0n) is 7.74. The highest BCUT2D eigenvalue weighted by Gasteiger charge is 2.01. The van der Waals surface area contributed by atoms with Crippen LogP contribution in [0.2, 0.25) is 0 Å². The summed E-state index contributed by atoms with van der Waals surface area (Å²) in [7, 11) is 1.90. The first-order valence-corrected chi connectivity index (χ1v) is 4.78. The summed E-state index contributed by atoms with van der Waals surface area (Å²) in [4.78, 5) is 1.14. The van der Waals surface area contributed by atoms with E-state index in [4.69, 9.17) is 5.84 Å². The van der Waals surface area contributed by atoms with Gasteiger partial charge < -0.3 is 11.2 Å². The molecule has 70 valence electrons. The summed E-state index contributed by atoms with van der Waals surface area (Å²) in [5.41, 5.74) is 1.09. The normalized spacial score (nSPS) is 11.4. The second-order valence-electron chi connectivity index (χ2n) is 2.50. The molecule has 0 aliphatic rings. The fourth-order valence-electron chi connectivity index (χ4n) is 0.948. The number of thioether (sulfide) groups is 1. The van der Waals surface area contributed by atoms with Crippen molar-refractivity contribution in [3.8, 4) is 0 Å². The molecule has 0 aliphatic heterocycles. The van der Waals surface area contributed by atoms with Crippen molar-refractivity contribution < 1.29 is 0 Å². The molecule has 1 aromatic carbocycles. The lowest BCUT2D eigenvalue weighted by Gasteiger charge is -2.06. The summed E-state index contributed by atoms with van der Waals surface area (Å²) in [6, 6.07) is 8.04. The summed E-state index contributed by atoms with van der Waals surface area (Å²) in [6.45, 7) is 1.89. The summed E-state index contributed by atoms with van der Waals surface area (Å²) >= 11 is 1.56. The van der Waals surface area contributed by atoms with Crippen LogP contribution in [-0.4, -0.2) is 12.1 Å². The van der Waals surface area contributed by atoms with E-state index in [-0.39, 0.29) is 0 Å². The SMILES string of the molecule is CNc1ccccc1S/C(C)=N\N. The fraction of sp³-hybridized carbons (Fsp3) is 0.222. The molecule has 0 heterocycles. The zero-order valence-corrected chi connectivity index (χ0v) is 8.56. The van der Waals surface area contributed by atoms with Crippen LogP contribution in [-0.2, 0) is 0 Å². The number of nitrogens with one attached hydrogen (secondary N) is 1. The Kier molecular flexibility index (Phi) is 3.64. The Labute approximate surface area is 82.4 Å². The number of anilines is 1. The van der Waals surface area contributed by atoms with Gasteiger partial charge in [-0.05, 0) is 19.1 Å². The molecule has 0 saturated heterocycles. The number of para-hydroxylation sites is 1. The molecule has 0 aliphatic carbocycles. The molecular formula is C9H13N3S. The molecule has 1 rings (SSSR count). The van der Waals surface area contributed by atoms with Gasteiger partial charge in [-0.25, -0.2) is 0 Å². The minimum Gasteiger partial charge on any atom is -0.387 e. The first-order chi connectivity index (χ1) is 6.27. The first kappa shape index (κ1) is 9.92. The van der Waals surface area contributed by atoms with E-state index < -0.39 is 0 Å². The Bertz CT molecular complexity index is 309. The summed E-state index contributed by atoms with van der Waals surface area (Å²) in [5.74, 6) is 5.16. The standard InChI is InChI=1S/C9H13N3S/c1-7(12-10)13-9-6-4-3-5-8(9)11-2/h3-6,11H,10H2,1-2H3/b12-7-. The van der Waals surface area contributed by atoms with Crippen LogP contribution in [0.4, 0.5) is 5.69 Å². The molecular weight excluding hydrogens is 182 g/mol. The molecule has 0 saturated carbocycles. The quantitative estimate of drug-likeness (QED) is 0.250. The first-order valence-electron chi connectivity index (χ1n) is 3.97. The molecule has 0 spiro atoms. The van der Waals surface area contributed by atoms with Gasteiger partial charge in [0.1, 0.15) is 0 Å². The fourth-order valence-corrected chi connectivity index (χ4v) is 1.75. The lowest BCUT2D eigenvalue weighted by Crippen LogP contribution is -1.94. The molecule has 1 aromatic rings. The van der Waals surface area contributed by atoms with Gasteiger partial charge in [0, 0.05) is 17.6 Å². The number of hydrogen-bond acceptors (Lipinski definition) is 4. The average Bonchev–Trinajstić information content (AvgIpc) is 2.18. The van der Waals surface area contributed by atoms with Gasteiger partial charge in [0.2, 0.25) is 0 Å². The van der Waals surface area contributed by atoms with Crippen molar-refractivity contribution in [2.75, 3.05) is 12.4 Å². The molecule has 0 bridgehead atoms. The van der Waals surface area contributed by atoms with Crippen LogP contribution in [0, 0.1) is 0 Å². The highest BCUT2D eigenvalue weighted by molar-refractivity contribution is 8.14. The van der Waals surface area contributed by atoms with E-state index in [1.54, 1.807) is 11.8 Å². The maximum absolute atomic E-state index is 5.16. The number of hydrazone groups is 1. The van der Waals surface area contributed by atoms with Gasteiger partial charge in [-0.2, -0.15) is 5.10 Å². The van der Waals surface area contributed by atoms with E-state index >= 15 is 0 Å². The lowest BCUT2D eigenvalue weighted by atomic mass is 10.3. The van der Waals surface area contributed by atoms with Crippen molar-refractivity contribution in [3.63, 3.8) is 0 Å². The van der Waals surface area contributed by atoms with Crippen molar-refractivity contribution in [3.05, 3.63) is 24.3 Å². The smallest absolute Gasteiger partial charge is 0.0946 e. The van der Waals surface area contributed by atoms with E-state index in [1.807, 2.05) is 38.2 Å². The third-order valence-electron chi connectivity index (χ3n) is 1.60. The van der Waals surface area contributed by atoms with Gasteiger partial charge in [0.15, 0.2) is 0 Å². The highest BCUT2D eigenvalue weighted by atomic mass is 32.2. The third kappa shape index (κ3) is 2.66. The zero-order chi connectivity index (χ0) is 9.68. The third-order valence-corrected chi connectivity index (χ3v) is 2.57. The van der Waals surface area contributed by atoms with E-state index in [1.165, 1.54) is 0 Å². The predicted molar refractivity (Wildman–Crippen MR) is 59.1 cm³/mol. The average molecular weight is 195 g/mol. The van der Waals surface area contributed by atoms with Gasteiger partial charge in [-0.15, -0.1) is 0 Å². The Morgan fingerprint density at radius 2 is 2.15 bits per heavy atom. The van der Waals surface area contributed by atoms with Crippen molar-refractivity contribution in [1.82, 2.24) is 0 Å². The molecule has 13 heavy (non-hydrogen) atoms. The van der Waals surface area contributed by atoms with Crippen molar-refractivity contribution in [2.24, 2.45) is 10.9 Å². The molecule has 0 atom stereocenters. The molecule has 3 nitrogen and oxygen atoms in total. The molecule has 0 amide bonds. The van der Waals surface area contributed by atoms with Gasteiger partial charge >= 0.3 is 0 Å². The number of nitrogens with two attached hydrogens (primary N) is 1.